The van der Waals surface area contributed by atoms with Crippen LogP contribution in [0.25, 0.3) is 0 Å². The fourth-order valence-electron chi connectivity index (χ4n) is 4.14. The number of hydrogen-bond donors (Lipinski definition) is 0. The third kappa shape index (κ3) is 3.35. The van der Waals surface area contributed by atoms with Crippen LogP contribution >= 0.6 is 24.8 Å². The van der Waals surface area contributed by atoms with E-state index in [2.05, 4.69) is 56.6 Å². The molecule has 0 aromatic rings. The minimum atomic E-state index is -2.86. The van der Waals surface area contributed by atoms with Crippen molar-refractivity contribution >= 4 is 31.7 Å². The Morgan fingerprint density at radius 3 is 1.65 bits per heavy atom. The van der Waals surface area contributed by atoms with Crippen LogP contribution in [0.5, 0.6) is 0 Å². The molecule has 0 amide bonds. The zero-order valence-corrected chi connectivity index (χ0v) is 18.7. The van der Waals surface area contributed by atoms with Crippen LogP contribution in [-0.4, -0.2) is 6.88 Å². The summed E-state index contributed by atoms with van der Waals surface area (Å²) in [5, 5.41) is 0. The third-order valence-corrected chi connectivity index (χ3v) is 28.3. The van der Waals surface area contributed by atoms with E-state index in [1.165, 1.54) is 23.4 Å². The topological polar surface area (TPSA) is 0 Å². The fourth-order valence-corrected chi connectivity index (χ4v) is 26.5. The molecular weight excluding hydrogens is 382 g/mol. The Labute approximate surface area is 139 Å². The van der Waals surface area contributed by atoms with Gasteiger partial charge in [0, 0.05) is 0 Å². The molecule has 2 aliphatic carbocycles. The minimum absolute atomic E-state index is 0. The number of hydrogen-bond acceptors (Lipinski definition) is 0. The van der Waals surface area contributed by atoms with Crippen molar-refractivity contribution in [3.63, 3.8) is 0 Å². The van der Waals surface area contributed by atoms with Gasteiger partial charge in [0.25, 0.3) is 0 Å². The predicted molar refractivity (Wildman–Crippen MR) is 96.9 cm³/mol. The summed E-state index contributed by atoms with van der Waals surface area (Å²) in [7, 11) is 0. The molecule has 0 aliphatic heterocycles. The van der Waals surface area contributed by atoms with E-state index >= 15 is 0 Å². The first-order valence-electron chi connectivity index (χ1n) is 7.18. The van der Waals surface area contributed by atoms with Crippen molar-refractivity contribution in [2.24, 2.45) is 0 Å². The summed E-state index contributed by atoms with van der Waals surface area (Å²) in [6.07, 6.45) is 13.3. The van der Waals surface area contributed by atoms with Crippen LogP contribution < -0.4 is 0 Å². The maximum atomic E-state index is 2.70. The zero-order valence-electron chi connectivity index (χ0n) is 13.2. The van der Waals surface area contributed by atoms with E-state index in [9.17, 15) is 0 Å². The largest absolute Gasteiger partial charge is 0.147 e. The minimum Gasteiger partial charge on any atom is -0.147 e. The molecule has 20 heavy (non-hydrogen) atoms. The van der Waals surface area contributed by atoms with E-state index < -0.39 is 17.4 Å². The molecule has 0 spiro atoms. The van der Waals surface area contributed by atoms with Crippen LogP contribution in [0, 0.1) is 0 Å². The summed E-state index contributed by atoms with van der Waals surface area (Å²) in [6, 6.07) is 0. The standard InChI is InChI=1S/2C6H7.C3H7.CH3.2ClH.H2Si.Zr/c2*1-6-4-2-3-5-6;1-3-2;;;;;/h2*2,4H,3H2,1H3;1,3H2,2H3;1H3;2*1H;1H2;. The molecule has 4 heteroatoms. The van der Waals surface area contributed by atoms with Gasteiger partial charge in [-0.2, -0.15) is 0 Å². The van der Waals surface area contributed by atoms with Crippen molar-refractivity contribution in [2.45, 2.75) is 48.8 Å². The maximum Gasteiger partial charge on any atom is -0.147 e. The molecule has 0 nitrogen and oxygen atoms in total. The van der Waals surface area contributed by atoms with Crippen LogP contribution in [0.3, 0.4) is 0 Å². The Morgan fingerprint density at radius 1 is 1.00 bits per heavy atom. The van der Waals surface area contributed by atoms with Crippen molar-refractivity contribution < 1.29 is 17.4 Å². The Kier molecular flexibility index (Phi) is 7.50. The van der Waals surface area contributed by atoms with Crippen molar-refractivity contribution in [3.8, 4) is 0 Å². The molecular formula is C16H28Cl2SiZr. The molecule has 0 unspecified atom stereocenters. The van der Waals surface area contributed by atoms with Gasteiger partial charge in [-0.3, -0.25) is 0 Å². The first-order chi connectivity index (χ1) is 8.39. The van der Waals surface area contributed by atoms with Crippen molar-refractivity contribution in [2.75, 3.05) is 0 Å². The Hall–Kier alpha value is 0.640. The second kappa shape index (κ2) is 7.27. The molecule has 0 aromatic carbocycles. The molecule has 0 radical (unpaired) electrons. The Bertz CT molecular complexity index is 525. The van der Waals surface area contributed by atoms with Crippen molar-refractivity contribution in [3.05, 3.63) is 42.0 Å². The molecule has 2 rings (SSSR count). The summed E-state index contributed by atoms with van der Waals surface area (Å²) in [5.74, 6) is 0. The maximum absolute atomic E-state index is 2.86. The van der Waals surface area contributed by atoms with E-state index in [1.54, 1.807) is 11.1 Å². The molecule has 0 N–H and O–H groups in total. The molecule has 0 saturated heterocycles. The first-order valence-corrected chi connectivity index (χ1v) is 19.8. The van der Waals surface area contributed by atoms with Gasteiger partial charge in [0.1, 0.15) is 0 Å². The van der Waals surface area contributed by atoms with E-state index in [-0.39, 0.29) is 24.8 Å². The van der Waals surface area contributed by atoms with Gasteiger partial charge >= 0.3 is 115 Å². The second-order valence-corrected chi connectivity index (χ2v) is 33.4. The second-order valence-electron chi connectivity index (χ2n) is 6.58. The van der Waals surface area contributed by atoms with E-state index in [4.69, 9.17) is 0 Å². The number of allylic oxidation sites excluding steroid dienone is 8. The van der Waals surface area contributed by atoms with Crippen LogP contribution in [0.1, 0.15) is 40.0 Å². The molecule has 114 valence electrons. The first kappa shape index (κ1) is 20.6. The monoisotopic (exact) mass is 408 g/mol. The van der Waals surface area contributed by atoms with Gasteiger partial charge in [-0.25, -0.2) is 0 Å². The van der Waals surface area contributed by atoms with E-state index in [0.717, 1.165) is 0 Å². The van der Waals surface area contributed by atoms with Crippen LogP contribution in [0.4, 0.5) is 0 Å². The fraction of sp³-hybridized carbons (Fsp3) is 0.500. The molecule has 0 heterocycles. The van der Waals surface area contributed by atoms with E-state index in [1.807, 2.05) is 6.56 Å². The molecule has 0 atom stereocenters. The van der Waals surface area contributed by atoms with Gasteiger partial charge < -0.3 is 0 Å². The molecule has 0 saturated carbocycles. The summed E-state index contributed by atoms with van der Waals surface area (Å²) < 4.78 is 7.87. The molecule has 0 aromatic heterocycles. The SMILES string of the molecule is CC[CH2][Zr]([CH3])(=[SiH2])([C]1=C(C)C=CC1)[C]1=C(C)C=CC1.Cl.Cl. The molecule has 0 fully saturated rings. The quantitative estimate of drug-likeness (QED) is 0.544. The predicted octanol–water partition coefficient (Wildman–Crippen LogP) is 5.41. The van der Waals surface area contributed by atoms with Gasteiger partial charge in [-0.05, 0) is 0 Å². The number of rotatable bonds is 4. The van der Waals surface area contributed by atoms with Crippen LogP contribution in [-0.2, 0) is 17.4 Å². The van der Waals surface area contributed by atoms with Crippen LogP contribution in [0.2, 0.25) is 8.76 Å². The van der Waals surface area contributed by atoms with Gasteiger partial charge in [-0.1, -0.05) is 0 Å². The molecule has 0 bridgehead atoms. The average molecular weight is 411 g/mol. The summed E-state index contributed by atoms with van der Waals surface area (Å²) >= 11 is -2.86. The Morgan fingerprint density at radius 2 is 1.40 bits per heavy atom. The van der Waals surface area contributed by atoms with Gasteiger partial charge in [0.15, 0.2) is 0 Å². The molecule has 2 aliphatic rings. The smallest absolute Gasteiger partial charge is 0.147 e. The third-order valence-electron chi connectivity index (χ3n) is 5.02. The van der Waals surface area contributed by atoms with Crippen LogP contribution in [0.15, 0.2) is 42.0 Å². The van der Waals surface area contributed by atoms with Gasteiger partial charge in [0.05, 0.1) is 0 Å². The zero-order chi connectivity index (χ0) is 13.4. The van der Waals surface area contributed by atoms with Gasteiger partial charge in [0.2, 0.25) is 0 Å². The van der Waals surface area contributed by atoms with Gasteiger partial charge in [-0.15, -0.1) is 24.8 Å². The van der Waals surface area contributed by atoms with E-state index in [0.29, 0.717) is 0 Å². The normalized spacial score (nSPS) is 18.4. The van der Waals surface area contributed by atoms with Crippen molar-refractivity contribution in [1.29, 1.82) is 0 Å². The Balaban J connectivity index is 0.00000180. The number of halogens is 2. The summed E-state index contributed by atoms with van der Waals surface area (Å²) in [6.45, 7) is 9.45. The summed E-state index contributed by atoms with van der Waals surface area (Å²) in [4.78, 5) is 0. The average Bonchev–Trinajstić information content (AvgIpc) is 2.88. The van der Waals surface area contributed by atoms with Crippen molar-refractivity contribution in [1.82, 2.24) is 0 Å². The summed E-state index contributed by atoms with van der Waals surface area (Å²) in [5.41, 5.74) is 3.16.